The Morgan fingerprint density at radius 3 is 2.52 bits per heavy atom. The summed E-state index contributed by atoms with van der Waals surface area (Å²) < 4.78 is 10.9. The maximum absolute atomic E-state index is 12.4. The third kappa shape index (κ3) is 5.44. The molecule has 0 spiro atoms. The number of aromatic nitrogens is 1. The summed E-state index contributed by atoms with van der Waals surface area (Å²) in [6.07, 6.45) is 2.20. The lowest BCUT2D eigenvalue weighted by Gasteiger charge is -2.12. The molecule has 0 aliphatic rings. The van der Waals surface area contributed by atoms with E-state index in [1.54, 1.807) is 24.4 Å². The molecule has 29 heavy (non-hydrogen) atoms. The molecule has 1 aromatic heterocycles. The number of carbonyl (C=O) groups is 2. The molecule has 7 heteroatoms. The van der Waals surface area contributed by atoms with Gasteiger partial charge in [0, 0.05) is 31.4 Å². The van der Waals surface area contributed by atoms with Crippen molar-refractivity contribution in [2.24, 2.45) is 0 Å². The molecule has 0 atom stereocenters. The Morgan fingerprint density at radius 2 is 1.83 bits per heavy atom. The fraction of sp³-hybridized carbons (Fsp3) is 0.227. The van der Waals surface area contributed by atoms with E-state index in [0.717, 1.165) is 5.56 Å². The summed E-state index contributed by atoms with van der Waals surface area (Å²) >= 11 is 0. The Kier molecular flexibility index (Phi) is 6.29. The molecule has 0 radical (unpaired) electrons. The van der Waals surface area contributed by atoms with E-state index in [2.05, 4.69) is 15.6 Å². The van der Waals surface area contributed by atoms with Gasteiger partial charge in [0.05, 0.1) is 24.7 Å². The van der Waals surface area contributed by atoms with Crippen LogP contribution in [0.3, 0.4) is 0 Å². The molecule has 3 aromatic rings. The molecule has 7 nitrogen and oxygen atoms in total. The summed E-state index contributed by atoms with van der Waals surface area (Å²) in [4.78, 5) is 28.0. The van der Waals surface area contributed by atoms with Gasteiger partial charge < -0.3 is 19.8 Å². The lowest BCUT2D eigenvalue weighted by molar-refractivity contribution is -0.116. The van der Waals surface area contributed by atoms with Crippen molar-refractivity contribution >= 4 is 23.2 Å². The number of benzene rings is 2. The number of anilines is 2. The van der Waals surface area contributed by atoms with Gasteiger partial charge in [-0.3, -0.25) is 9.59 Å². The summed E-state index contributed by atoms with van der Waals surface area (Å²) in [5.41, 5.74) is 3.08. The number of aryl methyl sites for hydroxylation is 2. The van der Waals surface area contributed by atoms with Crippen LogP contribution in [0.25, 0.3) is 11.3 Å². The summed E-state index contributed by atoms with van der Waals surface area (Å²) in [5.74, 6) is 1.28. The van der Waals surface area contributed by atoms with Crippen LogP contribution in [0.1, 0.15) is 24.8 Å². The maximum atomic E-state index is 12.4. The molecule has 2 amide bonds. The zero-order valence-corrected chi connectivity index (χ0v) is 16.6. The quantitative estimate of drug-likeness (QED) is 0.628. The van der Waals surface area contributed by atoms with Crippen LogP contribution in [0.4, 0.5) is 11.4 Å². The lowest BCUT2D eigenvalue weighted by Crippen LogP contribution is -2.15. The number of nitrogens with zero attached hydrogens (tertiary/aromatic N) is 1. The van der Waals surface area contributed by atoms with E-state index in [4.69, 9.17) is 9.15 Å². The average Bonchev–Trinajstić information content (AvgIpc) is 3.17. The van der Waals surface area contributed by atoms with Crippen LogP contribution in [0.5, 0.6) is 5.75 Å². The first-order chi connectivity index (χ1) is 13.9. The number of amides is 2. The monoisotopic (exact) mass is 393 g/mol. The van der Waals surface area contributed by atoms with Crippen LogP contribution in [0.2, 0.25) is 0 Å². The van der Waals surface area contributed by atoms with Gasteiger partial charge in [-0.25, -0.2) is 4.98 Å². The van der Waals surface area contributed by atoms with Crippen LogP contribution in [-0.4, -0.2) is 23.9 Å². The van der Waals surface area contributed by atoms with Crippen LogP contribution in [0.15, 0.2) is 53.1 Å². The molecule has 2 aromatic carbocycles. The van der Waals surface area contributed by atoms with Gasteiger partial charge in [-0.05, 0) is 19.1 Å². The summed E-state index contributed by atoms with van der Waals surface area (Å²) in [6.45, 7) is 3.43. The van der Waals surface area contributed by atoms with E-state index in [1.807, 2.05) is 31.2 Å². The molecular weight excluding hydrogens is 370 g/mol. The van der Waals surface area contributed by atoms with Gasteiger partial charge in [0.25, 0.3) is 0 Å². The van der Waals surface area contributed by atoms with Crippen molar-refractivity contribution in [3.05, 3.63) is 60.1 Å². The minimum Gasteiger partial charge on any atom is -0.497 e. The molecule has 0 aliphatic carbocycles. The van der Waals surface area contributed by atoms with E-state index in [0.29, 0.717) is 35.2 Å². The molecule has 0 aliphatic heterocycles. The van der Waals surface area contributed by atoms with Crippen molar-refractivity contribution in [3.8, 4) is 17.1 Å². The zero-order chi connectivity index (χ0) is 20.8. The lowest BCUT2D eigenvalue weighted by atomic mass is 10.1. The number of hydrogen-bond acceptors (Lipinski definition) is 5. The number of ether oxygens (including phenoxy) is 1. The van der Waals surface area contributed by atoms with Crippen molar-refractivity contribution in [3.63, 3.8) is 0 Å². The van der Waals surface area contributed by atoms with Crippen molar-refractivity contribution in [1.82, 2.24) is 4.98 Å². The summed E-state index contributed by atoms with van der Waals surface area (Å²) in [5, 5.41) is 5.49. The van der Waals surface area contributed by atoms with Crippen molar-refractivity contribution < 1.29 is 18.7 Å². The highest BCUT2D eigenvalue weighted by atomic mass is 16.5. The van der Waals surface area contributed by atoms with Crippen LogP contribution >= 0.6 is 0 Å². The van der Waals surface area contributed by atoms with E-state index in [9.17, 15) is 9.59 Å². The minimum atomic E-state index is -0.228. The average molecular weight is 393 g/mol. The molecule has 3 rings (SSSR count). The largest absolute Gasteiger partial charge is 0.497 e. The van der Waals surface area contributed by atoms with E-state index < -0.39 is 0 Å². The number of nitrogens with one attached hydrogen (secondary N) is 2. The highest BCUT2D eigenvalue weighted by Crippen LogP contribution is 2.27. The molecule has 0 unspecified atom stereocenters. The van der Waals surface area contributed by atoms with Gasteiger partial charge in [-0.2, -0.15) is 0 Å². The molecule has 2 N–H and O–H groups in total. The second-order valence-corrected chi connectivity index (χ2v) is 6.63. The standard InChI is InChI=1S/C22H23N3O4/c1-14-4-6-16(7-5-14)20-13-23-22(29-20)11-10-21(27)25-19-12-17(28-3)8-9-18(19)24-15(2)26/h4-9,12-13H,10-11H2,1-3H3,(H,24,26)(H,25,27). The first-order valence-electron chi connectivity index (χ1n) is 9.22. The Hall–Kier alpha value is -3.61. The first kappa shape index (κ1) is 20.1. The topological polar surface area (TPSA) is 93.5 Å². The number of hydrogen-bond donors (Lipinski definition) is 2. The second-order valence-electron chi connectivity index (χ2n) is 6.63. The zero-order valence-electron chi connectivity index (χ0n) is 16.6. The molecule has 0 saturated carbocycles. The SMILES string of the molecule is COc1ccc(NC(C)=O)c(NC(=O)CCc2ncc(-c3ccc(C)cc3)o2)c1. The van der Waals surface area contributed by atoms with Gasteiger partial charge in [-0.1, -0.05) is 29.8 Å². The summed E-state index contributed by atoms with van der Waals surface area (Å²) in [7, 11) is 1.53. The number of rotatable bonds is 7. The smallest absolute Gasteiger partial charge is 0.224 e. The highest BCUT2D eigenvalue weighted by molar-refractivity contribution is 5.99. The molecular formula is C22H23N3O4. The maximum Gasteiger partial charge on any atom is 0.224 e. The van der Waals surface area contributed by atoms with Gasteiger partial charge in [0.2, 0.25) is 11.8 Å². The molecule has 0 bridgehead atoms. The Morgan fingerprint density at radius 1 is 1.07 bits per heavy atom. The fourth-order valence-corrected chi connectivity index (χ4v) is 2.76. The van der Waals surface area contributed by atoms with Crippen LogP contribution in [0, 0.1) is 6.92 Å². The van der Waals surface area contributed by atoms with E-state index in [1.165, 1.54) is 19.6 Å². The van der Waals surface area contributed by atoms with Gasteiger partial charge in [0.15, 0.2) is 11.7 Å². The Bertz CT molecular complexity index is 1010. The predicted molar refractivity (Wildman–Crippen MR) is 111 cm³/mol. The van der Waals surface area contributed by atoms with Crippen LogP contribution < -0.4 is 15.4 Å². The van der Waals surface area contributed by atoms with Crippen molar-refractivity contribution in [2.45, 2.75) is 26.7 Å². The van der Waals surface area contributed by atoms with Gasteiger partial charge in [0.1, 0.15) is 5.75 Å². The predicted octanol–water partition coefficient (Wildman–Crippen LogP) is 4.19. The normalized spacial score (nSPS) is 10.4. The van der Waals surface area contributed by atoms with Crippen LogP contribution in [-0.2, 0) is 16.0 Å². The van der Waals surface area contributed by atoms with Crippen molar-refractivity contribution in [1.29, 1.82) is 0 Å². The number of carbonyl (C=O) groups excluding carboxylic acids is 2. The van der Waals surface area contributed by atoms with Gasteiger partial charge in [-0.15, -0.1) is 0 Å². The molecule has 0 fully saturated rings. The molecule has 0 saturated heterocycles. The molecule has 1 heterocycles. The second kappa shape index (κ2) is 9.05. The third-order valence-electron chi connectivity index (χ3n) is 4.27. The van der Waals surface area contributed by atoms with E-state index >= 15 is 0 Å². The number of methoxy groups -OCH3 is 1. The molecule has 150 valence electrons. The fourth-order valence-electron chi connectivity index (χ4n) is 2.76. The van der Waals surface area contributed by atoms with Crippen molar-refractivity contribution in [2.75, 3.05) is 17.7 Å². The minimum absolute atomic E-state index is 0.185. The van der Waals surface area contributed by atoms with Gasteiger partial charge >= 0.3 is 0 Å². The highest BCUT2D eigenvalue weighted by Gasteiger charge is 2.12. The number of oxazole rings is 1. The Labute approximate surface area is 169 Å². The van der Waals surface area contributed by atoms with E-state index in [-0.39, 0.29) is 18.2 Å². The third-order valence-corrected chi connectivity index (χ3v) is 4.27. The first-order valence-corrected chi connectivity index (χ1v) is 9.22. The Balaban J connectivity index is 1.63. The summed E-state index contributed by atoms with van der Waals surface area (Å²) in [6, 6.07) is 13.0.